The Kier molecular flexibility index (Phi) is 5.42. The summed E-state index contributed by atoms with van der Waals surface area (Å²) in [6, 6.07) is 6.20. The van der Waals surface area contributed by atoms with E-state index in [0.717, 1.165) is 18.7 Å². The highest BCUT2D eigenvalue weighted by Gasteiger charge is 2.09. The molecule has 1 aromatic carbocycles. The molecule has 0 aliphatic heterocycles. The van der Waals surface area contributed by atoms with E-state index in [0.29, 0.717) is 24.7 Å². The van der Waals surface area contributed by atoms with Gasteiger partial charge in [-0.2, -0.15) is 0 Å². The molecule has 2 aromatic rings. The first kappa shape index (κ1) is 15.1. The number of nitro groups is 1. The number of oxazole rings is 1. The molecule has 0 saturated carbocycles. The first-order valence-electron chi connectivity index (χ1n) is 6.60. The maximum Gasteiger partial charge on any atom is 0.269 e. The van der Waals surface area contributed by atoms with Crippen LogP contribution in [0.5, 0.6) is 0 Å². The molecule has 0 aliphatic rings. The second-order valence-corrected chi connectivity index (χ2v) is 4.42. The van der Waals surface area contributed by atoms with Crippen LogP contribution in [0.2, 0.25) is 0 Å². The third kappa shape index (κ3) is 4.37. The van der Waals surface area contributed by atoms with E-state index < -0.39 is 4.92 Å². The molecule has 0 aliphatic carbocycles. The third-order valence-electron chi connectivity index (χ3n) is 2.91. The van der Waals surface area contributed by atoms with E-state index in [-0.39, 0.29) is 5.69 Å². The normalized spacial score (nSPS) is 10.7. The number of nitro benzene ring substituents is 1. The SMILES string of the molecule is COCCNCCc1ncc(-c2ccc([N+](=O)[O-])cc2)o1. The van der Waals surface area contributed by atoms with Crippen LogP contribution in [0.3, 0.4) is 0 Å². The average Bonchev–Trinajstić information content (AvgIpc) is 2.96. The van der Waals surface area contributed by atoms with Crippen LogP contribution < -0.4 is 5.32 Å². The lowest BCUT2D eigenvalue weighted by molar-refractivity contribution is -0.384. The van der Waals surface area contributed by atoms with Gasteiger partial charge in [-0.15, -0.1) is 0 Å². The molecule has 0 radical (unpaired) electrons. The second-order valence-electron chi connectivity index (χ2n) is 4.42. The third-order valence-corrected chi connectivity index (χ3v) is 2.91. The molecule has 7 nitrogen and oxygen atoms in total. The fourth-order valence-electron chi connectivity index (χ4n) is 1.80. The molecule has 112 valence electrons. The van der Waals surface area contributed by atoms with E-state index in [2.05, 4.69) is 10.3 Å². The van der Waals surface area contributed by atoms with Gasteiger partial charge in [0.1, 0.15) is 0 Å². The zero-order valence-corrected chi connectivity index (χ0v) is 11.7. The van der Waals surface area contributed by atoms with Crippen molar-refractivity contribution in [1.82, 2.24) is 10.3 Å². The van der Waals surface area contributed by atoms with Gasteiger partial charge in [0.25, 0.3) is 5.69 Å². The molecular formula is C14H17N3O4. The van der Waals surface area contributed by atoms with Crippen molar-refractivity contribution < 1.29 is 14.1 Å². The van der Waals surface area contributed by atoms with Gasteiger partial charge in [-0.05, 0) is 12.1 Å². The van der Waals surface area contributed by atoms with Gasteiger partial charge in [-0.25, -0.2) is 4.98 Å². The number of methoxy groups -OCH3 is 1. The van der Waals surface area contributed by atoms with Gasteiger partial charge in [0.15, 0.2) is 11.7 Å². The number of hydrogen-bond acceptors (Lipinski definition) is 6. The average molecular weight is 291 g/mol. The van der Waals surface area contributed by atoms with Crippen LogP contribution in [-0.2, 0) is 11.2 Å². The number of ether oxygens (including phenoxy) is 1. The second kappa shape index (κ2) is 7.51. The molecule has 0 spiro atoms. The Morgan fingerprint density at radius 1 is 1.33 bits per heavy atom. The Balaban J connectivity index is 1.91. The van der Waals surface area contributed by atoms with E-state index >= 15 is 0 Å². The maximum atomic E-state index is 10.6. The molecule has 0 amide bonds. The number of nitrogens with one attached hydrogen (secondary N) is 1. The van der Waals surface area contributed by atoms with Crippen LogP contribution in [0.1, 0.15) is 5.89 Å². The molecule has 7 heteroatoms. The van der Waals surface area contributed by atoms with Gasteiger partial charge < -0.3 is 14.5 Å². The Morgan fingerprint density at radius 2 is 2.10 bits per heavy atom. The Morgan fingerprint density at radius 3 is 2.76 bits per heavy atom. The minimum Gasteiger partial charge on any atom is -0.441 e. The molecule has 0 unspecified atom stereocenters. The van der Waals surface area contributed by atoms with Crippen molar-refractivity contribution in [2.75, 3.05) is 26.8 Å². The summed E-state index contributed by atoms with van der Waals surface area (Å²) < 4.78 is 10.6. The Labute approximate surface area is 122 Å². The first-order valence-corrected chi connectivity index (χ1v) is 6.60. The van der Waals surface area contributed by atoms with Crippen molar-refractivity contribution in [1.29, 1.82) is 0 Å². The quantitative estimate of drug-likeness (QED) is 0.454. The van der Waals surface area contributed by atoms with Gasteiger partial charge in [0.2, 0.25) is 0 Å². The van der Waals surface area contributed by atoms with E-state index in [1.54, 1.807) is 25.4 Å². The smallest absolute Gasteiger partial charge is 0.269 e. The molecular weight excluding hydrogens is 274 g/mol. The van der Waals surface area contributed by atoms with Crippen molar-refractivity contribution >= 4 is 5.69 Å². The summed E-state index contributed by atoms with van der Waals surface area (Å²) in [5.74, 6) is 1.24. The van der Waals surface area contributed by atoms with E-state index in [1.165, 1.54) is 12.1 Å². The standard InChI is InChI=1S/C14H17N3O4/c1-20-9-8-15-7-6-14-16-10-13(21-14)11-2-4-12(5-3-11)17(18)19/h2-5,10,15H,6-9H2,1H3. The van der Waals surface area contributed by atoms with Crippen molar-refractivity contribution in [2.24, 2.45) is 0 Å². The number of nitrogens with zero attached hydrogens (tertiary/aromatic N) is 2. The van der Waals surface area contributed by atoms with Crippen LogP contribution in [0.15, 0.2) is 34.9 Å². The lowest BCUT2D eigenvalue weighted by atomic mass is 10.2. The fraction of sp³-hybridized carbons (Fsp3) is 0.357. The number of benzene rings is 1. The topological polar surface area (TPSA) is 90.4 Å². The highest BCUT2D eigenvalue weighted by Crippen LogP contribution is 2.23. The first-order chi connectivity index (χ1) is 10.2. The molecule has 21 heavy (non-hydrogen) atoms. The minimum absolute atomic E-state index is 0.0563. The molecule has 0 fully saturated rings. The van der Waals surface area contributed by atoms with E-state index in [4.69, 9.17) is 9.15 Å². The predicted octanol–water partition coefficient (Wildman–Crippen LogP) is 2.03. The van der Waals surface area contributed by atoms with Crippen LogP contribution in [0, 0.1) is 10.1 Å². The van der Waals surface area contributed by atoms with Gasteiger partial charge in [-0.3, -0.25) is 10.1 Å². The van der Waals surface area contributed by atoms with Gasteiger partial charge >= 0.3 is 0 Å². The number of hydrogen-bond donors (Lipinski definition) is 1. The predicted molar refractivity (Wildman–Crippen MR) is 77.0 cm³/mol. The molecule has 1 aromatic heterocycles. The van der Waals surface area contributed by atoms with Crippen molar-refractivity contribution in [2.45, 2.75) is 6.42 Å². The zero-order valence-electron chi connectivity index (χ0n) is 11.7. The lowest BCUT2D eigenvalue weighted by Crippen LogP contribution is -2.21. The van der Waals surface area contributed by atoms with E-state index in [9.17, 15) is 10.1 Å². The van der Waals surface area contributed by atoms with Gasteiger partial charge in [-0.1, -0.05) is 0 Å². The summed E-state index contributed by atoms with van der Waals surface area (Å²) in [7, 11) is 1.66. The van der Waals surface area contributed by atoms with Crippen LogP contribution in [0.4, 0.5) is 5.69 Å². The fourth-order valence-corrected chi connectivity index (χ4v) is 1.80. The summed E-state index contributed by atoms with van der Waals surface area (Å²) in [6.45, 7) is 2.20. The van der Waals surface area contributed by atoms with Gasteiger partial charge in [0, 0.05) is 44.3 Å². The number of aromatic nitrogens is 1. The van der Waals surface area contributed by atoms with Crippen LogP contribution in [0.25, 0.3) is 11.3 Å². The Hall–Kier alpha value is -2.25. The van der Waals surface area contributed by atoms with Crippen molar-refractivity contribution in [3.63, 3.8) is 0 Å². The largest absolute Gasteiger partial charge is 0.441 e. The van der Waals surface area contributed by atoms with Crippen molar-refractivity contribution in [3.05, 3.63) is 46.5 Å². The Bertz CT molecular complexity index is 580. The highest BCUT2D eigenvalue weighted by atomic mass is 16.6. The van der Waals surface area contributed by atoms with Crippen LogP contribution >= 0.6 is 0 Å². The highest BCUT2D eigenvalue weighted by molar-refractivity contribution is 5.58. The van der Waals surface area contributed by atoms with Crippen molar-refractivity contribution in [3.8, 4) is 11.3 Å². The summed E-state index contributed by atoms with van der Waals surface area (Å²) in [5.41, 5.74) is 0.826. The molecule has 0 saturated heterocycles. The minimum atomic E-state index is -0.429. The summed E-state index contributed by atoms with van der Waals surface area (Å²) in [6.07, 6.45) is 2.31. The number of rotatable bonds is 8. The summed E-state index contributed by atoms with van der Waals surface area (Å²) in [5, 5.41) is 13.8. The molecule has 1 heterocycles. The monoisotopic (exact) mass is 291 g/mol. The summed E-state index contributed by atoms with van der Waals surface area (Å²) in [4.78, 5) is 14.4. The van der Waals surface area contributed by atoms with Crippen LogP contribution in [-0.4, -0.2) is 36.7 Å². The maximum absolute atomic E-state index is 10.6. The molecule has 0 bridgehead atoms. The summed E-state index contributed by atoms with van der Waals surface area (Å²) >= 11 is 0. The molecule has 0 atom stereocenters. The molecule has 2 rings (SSSR count). The van der Waals surface area contributed by atoms with Gasteiger partial charge in [0.05, 0.1) is 17.7 Å². The zero-order chi connectivity index (χ0) is 15.1. The molecule has 1 N–H and O–H groups in total. The van der Waals surface area contributed by atoms with E-state index in [1.807, 2.05) is 0 Å². The number of non-ortho nitro benzene ring substituents is 1. The lowest BCUT2D eigenvalue weighted by Gasteiger charge is -2.01.